The van der Waals surface area contributed by atoms with Gasteiger partial charge in [-0.05, 0) is 51.4 Å². The number of hydrogen-bond acceptors (Lipinski definition) is 4. The van der Waals surface area contributed by atoms with Gasteiger partial charge in [0, 0.05) is 18.0 Å². The minimum atomic E-state index is 0.0185. The predicted octanol–water partition coefficient (Wildman–Crippen LogP) is 3.88. The van der Waals surface area contributed by atoms with Gasteiger partial charge in [0.2, 0.25) is 5.91 Å². The summed E-state index contributed by atoms with van der Waals surface area (Å²) in [7, 11) is 0. The molecule has 1 aliphatic rings. The van der Waals surface area contributed by atoms with E-state index in [-0.39, 0.29) is 23.6 Å². The molecule has 1 saturated heterocycles. The van der Waals surface area contributed by atoms with Crippen LogP contribution in [-0.4, -0.2) is 35.6 Å². The van der Waals surface area contributed by atoms with Gasteiger partial charge in [0.25, 0.3) is 0 Å². The number of para-hydroxylation sites is 1. The molecule has 0 bridgehead atoms. The Balaban J connectivity index is 1.50. The quantitative estimate of drug-likeness (QED) is 0.763. The number of phenols is 1. The molecule has 5 heteroatoms. The number of carbonyl (C=O) groups excluding carboxylic acids is 1. The van der Waals surface area contributed by atoms with E-state index >= 15 is 0 Å². The molecule has 150 valence electrons. The molecular weight excluding hydrogens is 352 g/mol. The van der Waals surface area contributed by atoms with Crippen LogP contribution in [0.1, 0.15) is 43.9 Å². The van der Waals surface area contributed by atoms with Crippen LogP contribution in [0.3, 0.4) is 0 Å². The van der Waals surface area contributed by atoms with Crippen molar-refractivity contribution in [2.24, 2.45) is 5.92 Å². The molecule has 1 heterocycles. The number of amides is 1. The Morgan fingerprint density at radius 2 is 1.89 bits per heavy atom. The Morgan fingerprint density at radius 1 is 1.18 bits per heavy atom. The first kappa shape index (κ1) is 20.2. The molecule has 1 atom stereocenters. The van der Waals surface area contributed by atoms with E-state index in [0.717, 1.165) is 37.1 Å². The second-order valence-corrected chi connectivity index (χ2v) is 7.39. The topological polar surface area (TPSA) is 61.8 Å². The maximum atomic E-state index is 12.6. The number of likely N-dealkylation sites (tertiary alicyclic amines) is 1. The van der Waals surface area contributed by atoms with Crippen molar-refractivity contribution in [3.63, 3.8) is 0 Å². The number of nitrogens with zero attached hydrogens (tertiary/aromatic N) is 1. The van der Waals surface area contributed by atoms with Crippen LogP contribution in [0.2, 0.25) is 0 Å². The molecule has 3 rings (SSSR count). The molecule has 1 fully saturated rings. The molecule has 0 saturated carbocycles. The van der Waals surface area contributed by atoms with Crippen LogP contribution in [0.15, 0.2) is 48.5 Å². The third-order valence-corrected chi connectivity index (χ3v) is 5.39. The molecule has 5 nitrogen and oxygen atoms in total. The van der Waals surface area contributed by atoms with E-state index in [0.29, 0.717) is 18.9 Å². The molecule has 0 spiro atoms. The fourth-order valence-electron chi connectivity index (χ4n) is 3.72. The predicted molar refractivity (Wildman–Crippen MR) is 110 cm³/mol. The van der Waals surface area contributed by atoms with Crippen molar-refractivity contribution in [1.29, 1.82) is 0 Å². The van der Waals surface area contributed by atoms with Crippen molar-refractivity contribution in [3.8, 4) is 11.5 Å². The van der Waals surface area contributed by atoms with Gasteiger partial charge in [-0.25, -0.2) is 0 Å². The summed E-state index contributed by atoms with van der Waals surface area (Å²) in [5.74, 6) is 0.938. The van der Waals surface area contributed by atoms with Gasteiger partial charge in [0.05, 0.1) is 12.6 Å². The third kappa shape index (κ3) is 5.04. The number of hydrogen-bond donors (Lipinski definition) is 2. The molecular formula is C23H30N2O3. The first-order valence-electron chi connectivity index (χ1n) is 10.1. The lowest BCUT2D eigenvalue weighted by Crippen LogP contribution is -2.40. The minimum Gasteiger partial charge on any atom is -0.504 e. The molecule has 2 aromatic rings. The van der Waals surface area contributed by atoms with Gasteiger partial charge < -0.3 is 15.2 Å². The smallest absolute Gasteiger partial charge is 0.223 e. The third-order valence-electron chi connectivity index (χ3n) is 5.39. The highest BCUT2D eigenvalue weighted by molar-refractivity contribution is 5.79. The first-order valence-corrected chi connectivity index (χ1v) is 10.1. The lowest BCUT2D eigenvalue weighted by atomic mass is 9.94. The fourth-order valence-corrected chi connectivity index (χ4v) is 3.72. The largest absolute Gasteiger partial charge is 0.504 e. The van der Waals surface area contributed by atoms with Gasteiger partial charge in [-0.3, -0.25) is 9.69 Å². The summed E-state index contributed by atoms with van der Waals surface area (Å²) in [4.78, 5) is 14.9. The number of carbonyl (C=O) groups is 1. The van der Waals surface area contributed by atoms with Crippen LogP contribution in [0.4, 0.5) is 0 Å². The normalized spacial score (nSPS) is 16.5. The monoisotopic (exact) mass is 382 g/mol. The van der Waals surface area contributed by atoms with E-state index in [1.54, 1.807) is 6.07 Å². The first-order chi connectivity index (χ1) is 13.6. The number of piperidine rings is 1. The number of phenolic OH excluding ortho intramolecular Hbond substituents is 1. The maximum absolute atomic E-state index is 12.6. The molecule has 2 N–H and O–H groups in total. The second-order valence-electron chi connectivity index (χ2n) is 7.39. The van der Waals surface area contributed by atoms with Crippen molar-refractivity contribution in [2.45, 2.75) is 39.3 Å². The number of nitrogens with one attached hydrogen (secondary N) is 1. The lowest BCUT2D eigenvalue weighted by molar-refractivity contribution is -0.127. The Labute approximate surface area is 167 Å². The average molecular weight is 383 g/mol. The van der Waals surface area contributed by atoms with Crippen molar-refractivity contribution < 1.29 is 14.6 Å². The summed E-state index contributed by atoms with van der Waals surface area (Å²) in [5, 5.41) is 13.5. The van der Waals surface area contributed by atoms with Gasteiger partial charge >= 0.3 is 0 Å². The molecule has 0 radical (unpaired) electrons. The van der Waals surface area contributed by atoms with E-state index in [9.17, 15) is 9.90 Å². The molecule has 1 aliphatic heterocycles. The number of aromatic hydroxyl groups is 1. The van der Waals surface area contributed by atoms with E-state index in [2.05, 4.69) is 10.2 Å². The van der Waals surface area contributed by atoms with Crippen molar-refractivity contribution in [2.75, 3.05) is 19.7 Å². The molecule has 0 aromatic heterocycles. The standard InChI is InChI=1S/C23H30N2O3/c1-3-28-21-11-7-10-20(22(21)26)16-25-14-12-19(13-15-25)23(27)24-17(2)18-8-5-4-6-9-18/h4-11,17,19,26H,3,12-16H2,1-2H3,(H,24,27)/t17-/m1/s1. The zero-order valence-electron chi connectivity index (χ0n) is 16.7. The van der Waals surface area contributed by atoms with Gasteiger partial charge in [0.1, 0.15) is 0 Å². The van der Waals surface area contributed by atoms with E-state index < -0.39 is 0 Å². The minimum absolute atomic E-state index is 0.0185. The zero-order chi connectivity index (χ0) is 19.9. The van der Waals surface area contributed by atoms with Gasteiger partial charge in [-0.15, -0.1) is 0 Å². The summed E-state index contributed by atoms with van der Waals surface area (Å²) in [6, 6.07) is 15.7. The SMILES string of the molecule is CCOc1cccc(CN2CCC(C(=O)N[C@H](C)c3ccccc3)CC2)c1O. The fraction of sp³-hybridized carbons (Fsp3) is 0.435. The van der Waals surface area contributed by atoms with E-state index in [1.807, 2.05) is 56.3 Å². The molecule has 2 aromatic carbocycles. The Hall–Kier alpha value is -2.53. The molecule has 1 amide bonds. The van der Waals surface area contributed by atoms with E-state index in [1.165, 1.54) is 0 Å². The summed E-state index contributed by atoms with van der Waals surface area (Å²) in [5.41, 5.74) is 1.99. The Bertz CT molecular complexity index is 771. The Morgan fingerprint density at radius 3 is 2.57 bits per heavy atom. The number of rotatable bonds is 7. The number of benzene rings is 2. The second kappa shape index (κ2) is 9.60. The Kier molecular flexibility index (Phi) is 6.93. The highest BCUT2D eigenvalue weighted by atomic mass is 16.5. The maximum Gasteiger partial charge on any atom is 0.223 e. The van der Waals surface area contributed by atoms with Crippen LogP contribution in [-0.2, 0) is 11.3 Å². The summed E-state index contributed by atoms with van der Waals surface area (Å²) in [6.45, 7) is 6.81. The highest BCUT2D eigenvalue weighted by Gasteiger charge is 2.26. The van der Waals surface area contributed by atoms with Crippen LogP contribution in [0.5, 0.6) is 11.5 Å². The van der Waals surface area contributed by atoms with Gasteiger partial charge in [0.15, 0.2) is 11.5 Å². The zero-order valence-corrected chi connectivity index (χ0v) is 16.7. The summed E-state index contributed by atoms with van der Waals surface area (Å²) < 4.78 is 5.47. The van der Waals surface area contributed by atoms with Crippen molar-refractivity contribution in [3.05, 3.63) is 59.7 Å². The van der Waals surface area contributed by atoms with Crippen LogP contribution in [0.25, 0.3) is 0 Å². The summed E-state index contributed by atoms with van der Waals surface area (Å²) in [6.07, 6.45) is 1.67. The van der Waals surface area contributed by atoms with Gasteiger partial charge in [-0.2, -0.15) is 0 Å². The van der Waals surface area contributed by atoms with Crippen LogP contribution < -0.4 is 10.1 Å². The average Bonchev–Trinajstić information content (AvgIpc) is 2.72. The molecule has 0 unspecified atom stereocenters. The van der Waals surface area contributed by atoms with Crippen molar-refractivity contribution in [1.82, 2.24) is 10.2 Å². The molecule has 28 heavy (non-hydrogen) atoms. The van der Waals surface area contributed by atoms with Crippen LogP contribution >= 0.6 is 0 Å². The lowest BCUT2D eigenvalue weighted by Gasteiger charge is -2.32. The highest BCUT2D eigenvalue weighted by Crippen LogP contribution is 2.31. The van der Waals surface area contributed by atoms with Crippen LogP contribution in [0, 0.1) is 5.92 Å². The summed E-state index contributed by atoms with van der Waals surface area (Å²) >= 11 is 0. The molecule has 0 aliphatic carbocycles. The van der Waals surface area contributed by atoms with Gasteiger partial charge in [-0.1, -0.05) is 42.5 Å². The van der Waals surface area contributed by atoms with Crippen molar-refractivity contribution >= 4 is 5.91 Å². The van der Waals surface area contributed by atoms with E-state index in [4.69, 9.17) is 4.74 Å². The number of ether oxygens (including phenoxy) is 1.